The molecule has 6 nitrogen and oxygen atoms in total. The first-order chi connectivity index (χ1) is 9.43. The lowest BCUT2D eigenvalue weighted by atomic mass is 10.1. The molecule has 1 fully saturated rings. The van der Waals surface area contributed by atoms with Gasteiger partial charge in [0.1, 0.15) is 5.69 Å². The Morgan fingerprint density at radius 3 is 2.80 bits per heavy atom. The van der Waals surface area contributed by atoms with Crippen molar-refractivity contribution < 1.29 is 4.79 Å². The number of carbonyl (C=O) groups excluding carboxylic acids is 1. The van der Waals surface area contributed by atoms with Crippen LogP contribution in [0.15, 0.2) is 0 Å². The molecule has 1 amide bonds. The smallest absolute Gasteiger partial charge is 0.274 e. The number of likely N-dealkylation sites (tertiary alicyclic amines) is 1. The van der Waals surface area contributed by atoms with Crippen LogP contribution in [0.5, 0.6) is 0 Å². The summed E-state index contributed by atoms with van der Waals surface area (Å²) in [6, 6.07) is 0. The molecule has 0 saturated carbocycles. The highest BCUT2D eigenvalue weighted by Crippen LogP contribution is 2.20. The number of nitrogens with two attached hydrogens (primary N) is 1. The molecule has 2 N–H and O–H groups in total. The summed E-state index contributed by atoms with van der Waals surface area (Å²) < 4.78 is 1.70. The highest BCUT2D eigenvalue weighted by Gasteiger charge is 2.26. The summed E-state index contributed by atoms with van der Waals surface area (Å²) in [6.07, 6.45) is 1.15. The highest BCUT2D eigenvalue weighted by atomic mass is 16.2. The third-order valence-corrected chi connectivity index (χ3v) is 4.04. The predicted molar refractivity (Wildman–Crippen MR) is 79.6 cm³/mol. The van der Waals surface area contributed by atoms with Crippen LogP contribution in [0.2, 0.25) is 0 Å². The molecule has 2 heterocycles. The van der Waals surface area contributed by atoms with Gasteiger partial charge in [-0.1, -0.05) is 0 Å². The summed E-state index contributed by atoms with van der Waals surface area (Å²) in [7, 11) is 3.97. The van der Waals surface area contributed by atoms with Crippen molar-refractivity contribution in [3.05, 3.63) is 11.4 Å². The molecule has 0 aromatic carbocycles. The van der Waals surface area contributed by atoms with Crippen molar-refractivity contribution in [1.29, 1.82) is 0 Å². The summed E-state index contributed by atoms with van der Waals surface area (Å²) in [6.45, 7) is 7.40. The van der Waals surface area contributed by atoms with Crippen LogP contribution in [-0.2, 0) is 6.54 Å². The number of nitrogens with zero attached hydrogens (tertiary/aromatic N) is 4. The van der Waals surface area contributed by atoms with E-state index in [-0.39, 0.29) is 5.91 Å². The molecule has 20 heavy (non-hydrogen) atoms. The minimum Gasteiger partial charge on any atom is -0.395 e. The van der Waals surface area contributed by atoms with Crippen molar-refractivity contribution in [3.63, 3.8) is 0 Å². The molecule has 2 rings (SSSR count). The van der Waals surface area contributed by atoms with Crippen LogP contribution in [0.3, 0.4) is 0 Å². The Bertz CT molecular complexity index is 496. The van der Waals surface area contributed by atoms with Gasteiger partial charge in [0, 0.05) is 26.7 Å². The van der Waals surface area contributed by atoms with Gasteiger partial charge in [0.25, 0.3) is 5.91 Å². The Balaban J connectivity index is 2.10. The standard InChI is InChI=1S/C14H25N5O/c1-5-19-13(12(15)10(2)16-19)14(20)18(4)9-11-6-7-17(3)8-11/h11H,5-9,15H2,1-4H3. The Morgan fingerprint density at radius 1 is 1.55 bits per heavy atom. The van der Waals surface area contributed by atoms with E-state index in [2.05, 4.69) is 17.0 Å². The van der Waals surface area contributed by atoms with Crippen LogP contribution in [0, 0.1) is 12.8 Å². The average molecular weight is 279 g/mol. The molecular formula is C14H25N5O. The van der Waals surface area contributed by atoms with Gasteiger partial charge in [-0.05, 0) is 39.8 Å². The monoisotopic (exact) mass is 279 g/mol. The number of amides is 1. The normalized spacial score (nSPS) is 19.5. The molecule has 1 unspecified atom stereocenters. The molecule has 1 aromatic rings. The molecule has 1 saturated heterocycles. The molecule has 0 spiro atoms. The van der Waals surface area contributed by atoms with Crippen molar-refractivity contribution >= 4 is 11.6 Å². The molecule has 1 atom stereocenters. The summed E-state index contributed by atoms with van der Waals surface area (Å²) in [5.74, 6) is 0.522. The fraction of sp³-hybridized carbons (Fsp3) is 0.714. The molecule has 0 radical (unpaired) electrons. The van der Waals surface area contributed by atoms with Crippen molar-refractivity contribution in [2.24, 2.45) is 5.92 Å². The maximum atomic E-state index is 12.6. The minimum absolute atomic E-state index is 0.0282. The number of hydrogen-bond donors (Lipinski definition) is 1. The van der Waals surface area contributed by atoms with Gasteiger partial charge in [0.15, 0.2) is 0 Å². The van der Waals surface area contributed by atoms with Crippen LogP contribution < -0.4 is 5.73 Å². The zero-order valence-electron chi connectivity index (χ0n) is 12.9. The van der Waals surface area contributed by atoms with Crippen molar-refractivity contribution in [1.82, 2.24) is 19.6 Å². The third-order valence-electron chi connectivity index (χ3n) is 4.04. The largest absolute Gasteiger partial charge is 0.395 e. The first-order valence-electron chi connectivity index (χ1n) is 7.20. The summed E-state index contributed by atoms with van der Waals surface area (Å²) in [4.78, 5) is 16.7. The van der Waals surface area contributed by atoms with Crippen molar-refractivity contribution in [2.75, 3.05) is 39.5 Å². The summed E-state index contributed by atoms with van der Waals surface area (Å²) in [5, 5.41) is 4.31. The number of nitrogen functional groups attached to an aromatic ring is 1. The Hall–Kier alpha value is -1.56. The molecular weight excluding hydrogens is 254 g/mol. The topological polar surface area (TPSA) is 67.4 Å². The lowest BCUT2D eigenvalue weighted by Crippen LogP contribution is -2.34. The number of hydrogen-bond acceptors (Lipinski definition) is 4. The first-order valence-corrected chi connectivity index (χ1v) is 7.20. The SMILES string of the molecule is CCn1nc(C)c(N)c1C(=O)N(C)CC1CCN(C)C1. The van der Waals surface area contributed by atoms with Gasteiger partial charge in [0.05, 0.1) is 11.4 Å². The maximum absolute atomic E-state index is 12.6. The van der Waals surface area contributed by atoms with Crippen LogP contribution in [0.25, 0.3) is 0 Å². The predicted octanol–water partition coefficient (Wildman–Crippen LogP) is 0.817. The number of anilines is 1. The number of carbonyl (C=O) groups is 1. The first kappa shape index (κ1) is 14.8. The van der Waals surface area contributed by atoms with E-state index in [4.69, 9.17) is 5.73 Å². The van der Waals surface area contributed by atoms with Crippen LogP contribution in [0.4, 0.5) is 5.69 Å². The van der Waals surface area contributed by atoms with Gasteiger partial charge in [-0.2, -0.15) is 5.10 Å². The molecule has 1 aliphatic heterocycles. The van der Waals surface area contributed by atoms with Gasteiger partial charge in [0.2, 0.25) is 0 Å². The summed E-state index contributed by atoms with van der Waals surface area (Å²) in [5.41, 5.74) is 7.77. The zero-order chi connectivity index (χ0) is 14.9. The van der Waals surface area contributed by atoms with E-state index < -0.39 is 0 Å². The molecule has 112 valence electrons. The minimum atomic E-state index is -0.0282. The van der Waals surface area contributed by atoms with Gasteiger partial charge < -0.3 is 15.5 Å². The lowest BCUT2D eigenvalue weighted by molar-refractivity contribution is 0.0763. The Labute approximate surface area is 120 Å². The fourth-order valence-electron chi connectivity index (χ4n) is 2.88. The second kappa shape index (κ2) is 5.83. The van der Waals surface area contributed by atoms with Crippen molar-refractivity contribution in [3.8, 4) is 0 Å². The van der Waals surface area contributed by atoms with Gasteiger partial charge in [-0.3, -0.25) is 9.48 Å². The Morgan fingerprint density at radius 2 is 2.25 bits per heavy atom. The summed E-state index contributed by atoms with van der Waals surface area (Å²) >= 11 is 0. The van der Waals surface area contributed by atoms with E-state index in [0.29, 0.717) is 23.8 Å². The van der Waals surface area contributed by atoms with Gasteiger partial charge >= 0.3 is 0 Å². The molecule has 0 bridgehead atoms. The highest BCUT2D eigenvalue weighted by molar-refractivity contribution is 5.97. The zero-order valence-corrected chi connectivity index (χ0v) is 12.9. The van der Waals surface area contributed by atoms with E-state index in [9.17, 15) is 4.79 Å². The van der Waals surface area contributed by atoms with E-state index in [1.165, 1.54) is 0 Å². The number of aromatic nitrogens is 2. The lowest BCUT2D eigenvalue weighted by Gasteiger charge is -2.21. The quantitative estimate of drug-likeness (QED) is 0.886. The molecule has 1 aromatic heterocycles. The van der Waals surface area contributed by atoms with Gasteiger partial charge in [-0.15, -0.1) is 0 Å². The third kappa shape index (κ3) is 2.80. The second-order valence-corrected chi connectivity index (χ2v) is 5.77. The average Bonchev–Trinajstić information content (AvgIpc) is 2.93. The molecule has 6 heteroatoms. The number of aryl methyl sites for hydroxylation is 2. The second-order valence-electron chi connectivity index (χ2n) is 5.77. The van der Waals surface area contributed by atoms with Crippen LogP contribution >= 0.6 is 0 Å². The van der Waals surface area contributed by atoms with Gasteiger partial charge in [-0.25, -0.2) is 0 Å². The van der Waals surface area contributed by atoms with E-state index >= 15 is 0 Å². The molecule has 0 aliphatic carbocycles. The van der Waals surface area contributed by atoms with Crippen molar-refractivity contribution in [2.45, 2.75) is 26.8 Å². The van der Waals surface area contributed by atoms with E-state index in [0.717, 1.165) is 31.7 Å². The number of rotatable bonds is 4. The maximum Gasteiger partial charge on any atom is 0.274 e. The molecule has 1 aliphatic rings. The van der Waals surface area contributed by atoms with Crippen LogP contribution in [-0.4, -0.2) is 59.2 Å². The Kier molecular flexibility index (Phi) is 4.32. The van der Waals surface area contributed by atoms with E-state index in [1.807, 2.05) is 20.9 Å². The van der Waals surface area contributed by atoms with Crippen LogP contribution in [0.1, 0.15) is 29.5 Å². The fourth-order valence-corrected chi connectivity index (χ4v) is 2.88. The van der Waals surface area contributed by atoms with E-state index in [1.54, 1.807) is 9.58 Å².